The van der Waals surface area contributed by atoms with Crippen LogP contribution in [-0.2, 0) is 4.79 Å². The first-order valence-electron chi connectivity index (χ1n) is 8.17. The Morgan fingerprint density at radius 1 is 1.33 bits per heavy atom. The monoisotopic (exact) mass is 340 g/mol. The Hall–Kier alpha value is -2.08. The third-order valence-electron chi connectivity index (χ3n) is 4.64. The number of nitrogens with zero attached hydrogens (tertiary/aromatic N) is 3. The molecule has 2 aromatic rings. The summed E-state index contributed by atoms with van der Waals surface area (Å²) in [6.07, 6.45) is 3.44. The van der Waals surface area contributed by atoms with Crippen LogP contribution in [0.4, 0.5) is 5.95 Å². The van der Waals surface area contributed by atoms with E-state index in [9.17, 15) is 4.79 Å². The van der Waals surface area contributed by atoms with Gasteiger partial charge in [-0.2, -0.15) is 4.98 Å². The van der Waals surface area contributed by atoms with Crippen LogP contribution in [0.15, 0.2) is 40.7 Å². The topological polar surface area (TPSA) is 59.8 Å². The number of nitrogens with one attached hydrogen (secondary N) is 1. The Morgan fingerprint density at radius 3 is 2.92 bits per heavy atom. The van der Waals surface area contributed by atoms with Crippen LogP contribution in [0.5, 0.6) is 0 Å². The molecule has 2 heterocycles. The van der Waals surface area contributed by atoms with E-state index >= 15 is 0 Å². The molecule has 1 N–H and O–H groups in total. The molecule has 0 spiro atoms. The van der Waals surface area contributed by atoms with Crippen LogP contribution in [0.3, 0.4) is 0 Å². The minimum atomic E-state index is -0.190. The van der Waals surface area contributed by atoms with Gasteiger partial charge in [0, 0.05) is 17.7 Å². The molecule has 24 heavy (non-hydrogen) atoms. The molecule has 0 saturated carbocycles. The smallest absolute Gasteiger partial charge is 0.227 e. The highest BCUT2D eigenvalue weighted by Gasteiger charge is 2.38. The van der Waals surface area contributed by atoms with Gasteiger partial charge in [-0.25, -0.2) is 4.68 Å². The molecule has 0 fully saturated rings. The Bertz CT molecular complexity index is 854. The first kappa shape index (κ1) is 15.4. The van der Waals surface area contributed by atoms with Crippen molar-refractivity contribution in [3.63, 3.8) is 0 Å². The molecular weight excluding hydrogens is 320 g/mol. The number of anilines is 1. The van der Waals surface area contributed by atoms with Gasteiger partial charge < -0.3 is 5.32 Å². The van der Waals surface area contributed by atoms with E-state index in [-0.39, 0.29) is 11.8 Å². The highest BCUT2D eigenvalue weighted by Crippen LogP contribution is 2.41. The third kappa shape index (κ3) is 2.45. The summed E-state index contributed by atoms with van der Waals surface area (Å²) in [5.41, 5.74) is 4.13. The lowest BCUT2D eigenvalue weighted by molar-refractivity contribution is -0.117. The Kier molecular flexibility index (Phi) is 3.72. The summed E-state index contributed by atoms with van der Waals surface area (Å²) in [6, 6.07) is 8.12. The van der Waals surface area contributed by atoms with Crippen molar-refractivity contribution in [2.24, 2.45) is 5.92 Å². The van der Waals surface area contributed by atoms with E-state index in [1.165, 1.54) is 17.3 Å². The average molecular weight is 340 g/mol. The number of thioether (sulfide) groups is 1. The molecule has 0 saturated heterocycles. The third-order valence-corrected chi connectivity index (χ3v) is 5.18. The molecule has 4 rings (SSSR count). The maximum absolute atomic E-state index is 12.8. The fraction of sp³-hybridized carbons (Fsp3) is 0.389. The molecule has 0 amide bonds. The number of aromatic nitrogens is 3. The molecule has 1 aromatic heterocycles. The molecule has 0 radical (unpaired) electrons. The molecule has 1 aromatic carbocycles. The van der Waals surface area contributed by atoms with Crippen LogP contribution in [0.1, 0.15) is 36.9 Å². The second kappa shape index (κ2) is 5.77. The van der Waals surface area contributed by atoms with E-state index in [0.29, 0.717) is 12.3 Å². The van der Waals surface area contributed by atoms with E-state index < -0.39 is 0 Å². The van der Waals surface area contributed by atoms with Gasteiger partial charge in [-0.1, -0.05) is 48.5 Å². The van der Waals surface area contributed by atoms with E-state index in [4.69, 9.17) is 0 Å². The Balaban J connectivity index is 1.92. The number of fused-ring (bicyclic) bond motifs is 1. The first-order chi connectivity index (χ1) is 11.6. The van der Waals surface area contributed by atoms with Crippen molar-refractivity contribution in [3.8, 4) is 0 Å². The SMILES string of the molecule is CSc1nc2n(n1)C(c1cccc(C)c1)C1=C(CC(C)CC1=O)N2. The molecule has 2 aliphatic rings. The van der Waals surface area contributed by atoms with Crippen molar-refractivity contribution in [2.75, 3.05) is 11.6 Å². The number of hydrogen-bond donors (Lipinski definition) is 1. The van der Waals surface area contributed by atoms with Gasteiger partial charge in [-0.15, -0.1) is 5.10 Å². The largest absolute Gasteiger partial charge is 0.328 e. The predicted octanol–water partition coefficient (Wildman–Crippen LogP) is 3.58. The summed E-state index contributed by atoms with van der Waals surface area (Å²) in [5.74, 6) is 1.30. The summed E-state index contributed by atoms with van der Waals surface area (Å²) >= 11 is 1.51. The zero-order chi connectivity index (χ0) is 16.8. The van der Waals surface area contributed by atoms with Crippen molar-refractivity contribution in [3.05, 3.63) is 46.7 Å². The van der Waals surface area contributed by atoms with Gasteiger partial charge >= 0.3 is 0 Å². The van der Waals surface area contributed by atoms with Crippen LogP contribution in [0.25, 0.3) is 0 Å². The van der Waals surface area contributed by atoms with Crippen molar-refractivity contribution in [1.82, 2.24) is 14.8 Å². The molecule has 1 aliphatic carbocycles. The van der Waals surface area contributed by atoms with Crippen LogP contribution in [-0.4, -0.2) is 26.8 Å². The maximum atomic E-state index is 12.8. The lowest BCUT2D eigenvalue weighted by atomic mass is 9.81. The van der Waals surface area contributed by atoms with E-state index in [1.807, 2.05) is 17.0 Å². The van der Waals surface area contributed by atoms with Gasteiger partial charge in [0.05, 0.1) is 0 Å². The zero-order valence-corrected chi connectivity index (χ0v) is 14.9. The molecule has 2 atom stereocenters. The normalized spacial score (nSPS) is 22.9. The zero-order valence-electron chi connectivity index (χ0n) is 14.0. The number of rotatable bonds is 2. The van der Waals surface area contributed by atoms with Gasteiger partial charge in [0.2, 0.25) is 11.1 Å². The number of hydrogen-bond acceptors (Lipinski definition) is 5. The summed E-state index contributed by atoms with van der Waals surface area (Å²) in [7, 11) is 0. The highest BCUT2D eigenvalue weighted by molar-refractivity contribution is 7.98. The molecule has 1 aliphatic heterocycles. The van der Waals surface area contributed by atoms with E-state index in [1.54, 1.807) is 0 Å². The van der Waals surface area contributed by atoms with Crippen LogP contribution >= 0.6 is 11.8 Å². The summed E-state index contributed by atoms with van der Waals surface area (Å²) in [4.78, 5) is 17.4. The van der Waals surface area contributed by atoms with E-state index in [2.05, 4.69) is 47.4 Å². The minimum Gasteiger partial charge on any atom is -0.328 e. The molecule has 2 unspecified atom stereocenters. The fourth-order valence-electron chi connectivity index (χ4n) is 3.62. The number of ketones is 1. The van der Waals surface area contributed by atoms with Crippen molar-refractivity contribution >= 4 is 23.5 Å². The predicted molar refractivity (Wildman–Crippen MR) is 95.2 cm³/mol. The molecular formula is C18H20N4OS. The number of benzene rings is 1. The van der Waals surface area contributed by atoms with Gasteiger partial charge in [0.25, 0.3) is 0 Å². The first-order valence-corrected chi connectivity index (χ1v) is 9.39. The Morgan fingerprint density at radius 2 is 2.17 bits per heavy atom. The standard InChI is InChI=1S/C18H20N4OS/c1-10-5-4-6-12(7-10)16-15-13(8-11(2)9-14(15)23)19-17-20-18(24-3)21-22(16)17/h4-7,11,16H,8-9H2,1-3H3,(H,19,20,21). The second-order valence-corrected chi connectivity index (χ2v) is 7.41. The highest BCUT2D eigenvalue weighted by atomic mass is 32.2. The van der Waals surface area contributed by atoms with Crippen LogP contribution < -0.4 is 5.32 Å². The van der Waals surface area contributed by atoms with Gasteiger partial charge in [-0.3, -0.25) is 4.79 Å². The molecule has 124 valence electrons. The number of carbonyl (C=O) groups excluding carboxylic acids is 1. The number of carbonyl (C=O) groups is 1. The summed E-state index contributed by atoms with van der Waals surface area (Å²) < 4.78 is 1.87. The average Bonchev–Trinajstić information content (AvgIpc) is 2.95. The molecule has 5 nitrogen and oxygen atoms in total. The lowest BCUT2D eigenvalue weighted by Crippen LogP contribution is -2.33. The van der Waals surface area contributed by atoms with E-state index in [0.717, 1.165) is 34.4 Å². The molecule has 0 bridgehead atoms. The van der Waals surface area contributed by atoms with Gasteiger partial charge in [-0.05, 0) is 31.1 Å². The molecule has 6 heteroatoms. The van der Waals surface area contributed by atoms with Crippen LogP contribution in [0.2, 0.25) is 0 Å². The van der Waals surface area contributed by atoms with Crippen LogP contribution in [0, 0.1) is 12.8 Å². The van der Waals surface area contributed by atoms with Crippen molar-refractivity contribution in [1.29, 1.82) is 0 Å². The maximum Gasteiger partial charge on any atom is 0.227 e. The number of Topliss-reactive ketones (excluding diaryl/α,β-unsaturated/α-hetero) is 1. The van der Waals surface area contributed by atoms with Crippen molar-refractivity contribution in [2.45, 2.75) is 37.9 Å². The van der Waals surface area contributed by atoms with Gasteiger partial charge in [0.1, 0.15) is 6.04 Å². The second-order valence-electron chi connectivity index (χ2n) is 6.64. The number of allylic oxidation sites excluding steroid dienone is 2. The lowest BCUT2D eigenvalue weighted by Gasteiger charge is -2.34. The van der Waals surface area contributed by atoms with Crippen molar-refractivity contribution < 1.29 is 4.79 Å². The van der Waals surface area contributed by atoms with Gasteiger partial charge in [0.15, 0.2) is 5.78 Å². The summed E-state index contributed by atoms with van der Waals surface area (Å²) in [6.45, 7) is 4.19. The Labute approximate surface area is 145 Å². The summed E-state index contributed by atoms with van der Waals surface area (Å²) in [5, 5.41) is 8.70. The minimum absolute atomic E-state index is 0.190. The fourth-order valence-corrected chi connectivity index (χ4v) is 3.97. The number of aryl methyl sites for hydroxylation is 1. The quantitative estimate of drug-likeness (QED) is 0.847.